The van der Waals surface area contributed by atoms with Crippen LogP contribution in [0.2, 0.25) is 0 Å². The SMILES string of the molecule is CCC(C)(C)C(=O)C1CCCc2ccccc21. The summed E-state index contributed by atoms with van der Waals surface area (Å²) in [5, 5.41) is 0. The van der Waals surface area contributed by atoms with Gasteiger partial charge in [-0.15, -0.1) is 0 Å². The van der Waals surface area contributed by atoms with Gasteiger partial charge in [-0.3, -0.25) is 4.79 Å². The number of rotatable bonds is 3. The topological polar surface area (TPSA) is 17.1 Å². The maximum atomic E-state index is 12.6. The highest BCUT2D eigenvalue weighted by Crippen LogP contribution is 2.38. The summed E-state index contributed by atoms with van der Waals surface area (Å²) in [6.07, 6.45) is 4.23. The fourth-order valence-electron chi connectivity index (χ4n) is 2.67. The lowest BCUT2D eigenvalue weighted by molar-refractivity contribution is -0.129. The van der Waals surface area contributed by atoms with E-state index in [9.17, 15) is 4.79 Å². The molecule has 0 N–H and O–H groups in total. The molecule has 0 amide bonds. The molecule has 0 fully saturated rings. The normalized spacial score (nSPS) is 19.8. The van der Waals surface area contributed by atoms with Crippen LogP contribution < -0.4 is 0 Å². The standard InChI is InChI=1S/C16H22O/c1-4-16(2,3)15(17)14-11-7-9-12-8-5-6-10-13(12)14/h5-6,8,10,14H,4,7,9,11H2,1-3H3. The molecule has 1 aromatic rings. The number of fused-ring (bicyclic) bond motifs is 1. The Hall–Kier alpha value is -1.11. The first kappa shape index (κ1) is 12.3. The highest BCUT2D eigenvalue weighted by Gasteiger charge is 2.34. The van der Waals surface area contributed by atoms with E-state index in [1.165, 1.54) is 11.1 Å². The van der Waals surface area contributed by atoms with Crippen LogP contribution in [-0.4, -0.2) is 5.78 Å². The first-order valence-electron chi connectivity index (χ1n) is 6.68. The lowest BCUT2D eigenvalue weighted by Crippen LogP contribution is -2.31. The summed E-state index contributed by atoms with van der Waals surface area (Å²) in [4.78, 5) is 12.6. The van der Waals surface area contributed by atoms with Gasteiger partial charge in [-0.25, -0.2) is 0 Å². The second kappa shape index (κ2) is 4.64. The zero-order valence-corrected chi connectivity index (χ0v) is 11.1. The molecule has 1 atom stereocenters. The van der Waals surface area contributed by atoms with E-state index in [1.807, 2.05) is 0 Å². The maximum Gasteiger partial charge on any atom is 0.145 e. The van der Waals surface area contributed by atoms with Crippen molar-refractivity contribution in [3.63, 3.8) is 0 Å². The zero-order valence-electron chi connectivity index (χ0n) is 11.1. The van der Waals surface area contributed by atoms with E-state index < -0.39 is 0 Å². The zero-order chi connectivity index (χ0) is 12.5. The quantitative estimate of drug-likeness (QED) is 0.763. The minimum Gasteiger partial charge on any atom is -0.298 e. The molecular formula is C16H22O. The molecule has 1 unspecified atom stereocenters. The monoisotopic (exact) mass is 230 g/mol. The Labute approximate surface area is 104 Å². The summed E-state index contributed by atoms with van der Waals surface area (Å²) in [7, 11) is 0. The molecule has 1 aliphatic rings. The summed E-state index contributed by atoms with van der Waals surface area (Å²) in [6.45, 7) is 6.26. The highest BCUT2D eigenvalue weighted by atomic mass is 16.1. The van der Waals surface area contributed by atoms with Gasteiger partial charge in [0, 0.05) is 11.3 Å². The molecule has 0 aliphatic heterocycles. The van der Waals surface area contributed by atoms with Crippen LogP contribution >= 0.6 is 0 Å². The van der Waals surface area contributed by atoms with Gasteiger partial charge in [-0.1, -0.05) is 45.0 Å². The number of ketones is 1. The van der Waals surface area contributed by atoms with E-state index in [1.54, 1.807) is 0 Å². The summed E-state index contributed by atoms with van der Waals surface area (Å²) in [6, 6.07) is 8.45. The molecule has 1 nitrogen and oxygen atoms in total. The Kier molecular flexibility index (Phi) is 3.37. The van der Waals surface area contributed by atoms with E-state index in [0.29, 0.717) is 5.78 Å². The van der Waals surface area contributed by atoms with Gasteiger partial charge in [0.15, 0.2) is 0 Å². The summed E-state index contributed by atoms with van der Waals surface area (Å²) < 4.78 is 0. The largest absolute Gasteiger partial charge is 0.298 e. The first-order valence-corrected chi connectivity index (χ1v) is 6.68. The predicted molar refractivity (Wildman–Crippen MR) is 71.2 cm³/mol. The van der Waals surface area contributed by atoms with Crippen molar-refractivity contribution in [1.29, 1.82) is 0 Å². The third-order valence-corrected chi connectivity index (χ3v) is 4.24. The van der Waals surface area contributed by atoms with Crippen molar-refractivity contribution in [1.82, 2.24) is 0 Å². The van der Waals surface area contributed by atoms with Crippen molar-refractivity contribution in [2.24, 2.45) is 5.41 Å². The van der Waals surface area contributed by atoms with Crippen LogP contribution in [0.25, 0.3) is 0 Å². The average Bonchev–Trinajstić information content (AvgIpc) is 2.37. The van der Waals surface area contributed by atoms with Crippen LogP contribution in [0.4, 0.5) is 0 Å². The Morgan fingerprint density at radius 2 is 2.06 bits per heavy atom. The van der Waals surface area contributed by atoms with Crippen LogP contribution in [0.5, 0.6) is 0 Å². The van der Waals surface area contributed by atoms with Gasteiger partial charge in [-0.05, 0) is 36.8 Å². The van der Waals surface area contributed by atoms with Crippen molar-refractivity contribution in [2.45, 2.75) is 52.4 Å². The lowest BCUT2D eigenvalue weighted by atomic mass is 9.72. The Bertz CT molecular complexity index is 417. The van der Waals surface area contributed by atoms with Gasteiger partial charge < -0.3 is 0 Å². The number of hydrogen-bond donors (Lipinski definition) is 0. The van der Waals surface area contributed by atoms with Crippen molar-refractivity contribution in [3.05, 3.63) is 35.4 Å². The van der Waals surface area contributed by atoms with Crippen LogP contribution in [0.1, 0.15) is 57.1 Å². The van der Waals surface area contributed by atoms with Gasteiger partial charge in [-0.2, -0.15) is 0 Å². The van der Waals surface area contributed by atoms with Gasteiger partial charge in [0.25, 0.3) is 0 Å². The molecule has 17 heavy (non-hydrogen) atoms. The molecule has 0 spiro atoms. The summed E-state index contributed by atoms with van der Waals surface area (Å²) >= 11 is 0. The number of Topliss-reactive ketones (excluding diaryl/α,β-unsaturated/α-hetero) is 1. The van der Waals surface area contributed by atoms with Crippen molar-refractivity contribution in [2.75, 3.05) is 0 Å². The van der Waals surface area contributed by atoms with Gasteiger partial charge >= 0.3 is 0 Å². The fourth-order valence-corrected chi connectivity index (χ4v) is 2.67. The third-order valence-electron chi connectivity index (χ3n) is 4.24. The minimum absolute atomic E-state index is 0.134. The van der Waals surface area contributed by atoms with Gasteiger partial charge in [0.05, 0.1) is 0 Å². The van der Waals surface area contributed by atoms with Crippen molar-refractivity contribution in [3.8, 4) is 0 Å². The Morgan fingerprint density at radius 1 is 1.35 bits per heavy atom. The van der Waals surface area contributed by atoms with E-state index in [2.05, 4.69) is 45.0 Å². The number of benzene rings is 1. The summed E-state index contributed by atoms with van der Waals surface area (Å²) in [5.74, 6) is 0.557. The molecule has 0 saturated heterocycles. The van der Waals surface area contributed by atoms with Gasteiger partial charge in [0.2, 0.25) is 0 Å². The van der Waals surface area contributed by atoms with Crippen LogP contribution in [-0.2, 0) is 11.2 Å². The molecule has 1 aliphatic carbocycles. The van der Waals surface area contributed by atoms with E-state index in [4.69, 9.17) is 0 Å². The Morgan fingerprint density at radius 3 is 2.76 bits per heavy atom. The maximum absolute atomic E-state index is 12.6. The molecule has 0 heterocycles. The third kappa shape index (κ3) is 2.29. The molecule has 0 bridgehead atoms. The molecule has 1 heteroatoms. The van der Waals surface area contributed by atoms with Crippen molar-refractivity contribution >= 4 is 5.78 Å². The first-order chi connectivity index (χ1) is 8.06. The van der Waals surface area contributed by atoms with E-state index >= 15 is 0 Å². The Balaban J connectivity index is 2.33. The molecule has 1 aromatic carbocycles. The number of aryl methyl sites for hydroxylation is 1. The smallest absolute Gasteiger partial charge is 0.145 e. The van der Waals surface area contributed by atoms with E-state index in [-0.39, 0.29) is 11.3 Å². The van der Waals surface area contributed by atoms with Crippen molar-refractivity contribution < 1.29 is 4.79 Å². The number of hydrogen-bond acceptors (Lipinski definition) is 1. The molecule has 2 rings (SSSR count). The molecule has 92 valence electrons. The lowest BCUT2D eigenvalue weighted by Gasteiger charge is -2.31. The average molecular weight is 230 g/mol. The summed E-state index contributed by atoms with van der Waals surface area (Å²) in [5.41, 5.74) is 2.48. The van der Waals surface area contributed by atoms with E-state index in [0.717, 1.165) is 25.7 Å². The predicted octanol–water partition coefficient (Wildman–Crippen LogP) is 4.11. The number of carbonyl (C=O) groups excluding carboxylic acids is 1. The molecule has 0 radical (unpaired) electrons. The minimum atomic E-state index is -0.185. The molecular weight excluding hydrogens is 208 g/mol. The second-order valence-corrected chi connectivity index (χ2v) is 5.75. The molecule has 0 saturated carbocycles. The highest BCUT2D eigenvalue weighted by molar-refractivity contribution is 5.90. The molecule has 0 aromatic heterocycles. The van der Waals surface area contributed by atoms with Crippen LogP contribution in [0.3, 0.4) is 0 Å². The van der Waals surface area contributed by atoms with Crippen LogP contribution in [0, 0.1) is 5.41 Å². The fraction of sp³-hybridized carbons (Fsp3) is 0.562. The van der Waals surface area contributed by atoms with Gasteiger partial charge in [0.1, 0.15) is 5.78 Å². The number of carbonyl (C=O) groups is 1. The van der Waals surface area contributed by atoms with Crippen LogP contribution in [0.15, 0.2) is 24.3 Å². The second-order valence-electron chi connectivity index (χ2n) is 5.75.